The van der Waals surface area contributed by atoms with Crippen LogP contribution >= 0.6 is 0 Å². The molecule has 1 atom stereocenters. The van der Waals surface area contributed by atoms with Gasteiger partial charge in [0.1, 0.15) is 13.2 Å². The van der Waals surface area contributed by atoms with Crippen molar-refractivity contribution in [3.63, 3.8) is 0 Å². The summed E-state index contributed by atoms with van der Waals surface area (Å²) in [6.45, 7) is 2.70. The molecule has 1 saturated heterocycles. The molecule has 5 heteroatoms. The van der Waals surface area contributed by atoms with E-state index >= 15 is 0 Å². The van der Waals surface area contributed by atoms with Crippen molar-refractivity contribution in [1.29, 1.82) is 0 Å². The maximum atomic E-state index is 12.8. The first-order chi connectivity index (χ1) is 12.7. The molecule has 136 valence electrons. The Balaban J connectivity index is 1.39. The predicted octanol–water partition coefficient (Wildman–Crippen LogP) is 2.65. The first kappa shape index (κ1) is 16.9. The molecule has 1 N–H and O–H groups in total. The third kappa shape index (κ3) is 3.53. The summed E-state index contributed by atoms with van der Waals surface area (Å²) in [5.41, 5.74) is 2.83. The molecule has 2 aromatic carbocycles. The van der Waals surface area contributed by atoms with Gasteiger partial charge in [-0.05, 0) is 48.1 Å². The smallest absolute Gasteiger partial charge is 0.254 e. The average Bonchev–Trinajstić information content (AvgIpc) is 3.16. The van der Waals surface area contributed by atoms with Gasteiger partial charge in [-0.1, -0.05) is 24.3 Å². The molecule has 4 rings (SSSR count). The average molecular weight is 353 g/mol. The highest BCUT2D eigenvalue weighted by Gasteiger charge is 2.28. The van der Waals surface area contributed by atoms with Gasteiger partial charge >= 0.3 is 0 Å². The van der Waals surface area contributed by atoms with Crippen LogP contribution in [0.5, 0.6) is 11.5 Å². The lowest BCUT2D eigenvalue weighted by atomic mass is 9.98. The number of nitrogens with zero attached hydrogens (tertiary/aromatic N) is 1. The molecule has 1 fully saturated rings. The van der Waals surface area contributed by atoms with E-state index in [9.17, 15) is 4.79 Å². The van der Waals surface area contributed by atoms with Gasteiger partial charge in [-0.2, -0.15) is 0 Å². The molecular formula is C21H23NO4. The maximum absolute atomic E-state index is 12.8. The monoisotopic (exact) mass is 353 g/mol. The summed E-state index contributed by atoms with van der Waals surface area (Å²) in [5, 5.41) is 9.13. The molecule has 0 aromatic heterocycles. The minimum absolute atomic E-state index is 0.0556. The van der Waals surface area contributed by atoms with Gasteiger partial charge in [0.25, 0.3) is 5.91 Å². The van der Waals surface area contributed by atoms with Gasteiger partial charge in [0.05, 0.1) is 6.61 Å². The zero-order valence-electron chi connectivity index (χ0n) is 14.7. The van der Waals surface area contributed by atoms with Crippen molar-refractivity contribution in [2.45, 2.75) is 19.4 Å². The summed E-state index contributed by atoms with van der Waals surface area (Å²) < 4.78 is 11.1. The molecule has 0 bridgehead atoms. The molecule has 2 aliphatic rings. The molecule has 0 spiro atoms. The second kappa shape index (κ2) is 7.38. The number of amides is 1. The zero-order chi connectivity index (χ0) is 17.9. The number of ether oxygens (including phenoxy) is 2. The lowest BCUT2D eigenvalue weighted by molar-refractivity contribution is 0.0786. The fourth-order valence-electron chi connectivity index (χ4n) is 3.66. The Hall–Kier alpha value is -2.53. The van der Waals surface area contributed by atoms with Crippen LogP contribution in [0.2, 0.25) is 0 Å². The number of fused-ring (bicyclic) bond motifs is 1. The van der Waals surface area contributed by atoms with E-state index in [2.05, 4.69) is 12.1 Å². The van der Waals surface area contributed by atoms with Crippen LogP contribution in [0.15, 0.2) is 42.5 Å². The number of likely N-dealkylation sites (tertiary alicyclic amines) is 1. The summed E-state index contributed by atoms with van der Waals surface area (Å²) in [6.07, 6.45) is 1.97. The summed E-state index contributed by atoms with van der Waals surface area (Å²) in [7, 11) is 0. The van der Waals surface area contributed by atoms with Crippen LogP contribution in [0, 0.1) is 5.92 Å². The minimum Gasteiger partial charge on any atom is -0.486 e. The lowest BCUT2D eigenvalue weighted by Crippen LogP contribution is -2.29. The maximum Gasteiger partial charge on any atom is 0.254 e. The number of carbonyl (C=O) groups is 1. The number of aliphatic hydroxyl groups is 1. The van der Waals surface area contributed by atoms with Gasteiger partial charge in [-0.15, -0.1) is 0 Å². The standard InChI is InChI=1S/C21H23NO4/c23-14-16-3-1-15(2-4-16)11-17-7-8-22(13-17)21(24)18-5-6-19-20(12-18)26-10-9-25-19/h1-6,12,17,23H,7-11,13-14H2. The van der Waals surface area contributed by atoms with E-state index in [0.717, 1.165) is 31.5 Å². The topological polar surface area (TPSA) is 59.0 Å². The van der Waals surface area contributed by atoms with Crippen LogP contribution in [-0.2, 0) is 13.0 Å². The molecule has 5 nitrogen and oxygen atoms in total. The summed E-state index contributed by atoms with van der Waals surface area (Å²) >= 11 is 0. The van der Waals surface area contributed by atoms with Crippen molar-refractivity contribution in [3.8, 4) is 11.5 Å². The Morgan fingerprint density at radius 1 is 1.04 bits per heavy atom. The molecule has 2 aromatic rings. The number of benzene rings is 2. The lowest BCUT2D eigenvalue weighted by Gasteiger charge is -2.21. The molecule has 2 aliphatic heterocycles. The highest BCUT2D eigenvalue weighted by atomic mass is 16.6. The SMILES string of the molecule is O=C(c1ccc2c(c1)OCCO2)N1CCC(Cc2ccc(CO)cc2)C1. The van der Waals surface area contributed by atoms with Crippen molar-refractivity contribution in [2.75, 3.05) is 26.3 Å². The Kier molecular flexibility index (Phi) is 4.80. The second-order valence-corrected chi connectivity index (χ2v) is 6.94. The number of carbonyl (C=O) groups excluding carboxylic acids is 1. The summed E-state index contributed by atoms with van der Waals surface area (Å²) in [5.74, 6) is 1.89. The number of hydrogen-bond donors (Lipinski definition) is 1. The highest BCUT2D eigenvalue weighted by molar-refractivity contribution is 5.95. The molecule has 0 radical (unpaired) electrons. The van der Waals surface area contributed by atoms with Crippen LogP contribution in [0.25, 0.3) is 0 Å². The van der Waals surface area contributed by atoms with Crippen molar-refractivity contribution in [1.82, 2.24) is 4.90 Å². The van der Waals surface area contributed by atoms with Gasteiger partial charge in [0.2, 0.25) is 0 Å². The zero-order valence-corrected chi connectivity index (χ0v) is 14.7. The number of hydrogen-bond acceptors (Lipinski definition) is 4. The predicted molar refractivity (Wildman–Crippen MR) is 97.5 cm³/mol. The normalized spacial score (nSPS) is 18.8. The van der Waals surface area contributed by atoms with E-state index in [1.165, 1.54) is 5.56 Å². The van der Waals surface area contributed by atoms with Crippen LogP contribution < -0.4 is 9.47 Å². The molecule has 1 amide bonds. The molecule has 26 heavy (non-hydrogen) atoms. The molecule has 0 aliphatic carbocycles. The van der Waals surface area contributed by atoms with E-state index < -0.39 is 0 Å². The molecule has 2 heterocycles. The van der Waals surface area contributed by atoms with Crippen molar-refractivity contribution in [3.05, 3.63) is 59.2 Å². The first-order valence-electron chi connectivity index (χ1n) is 9.10. The van der Waals surface area contributed by atoms with Gasteiger partial charge in [0, 0.05) is 18.7 Å². The van der Waals surface area contributed by atoms with E-state index in [-0.39, 0.29) is 12.5 Å². The van der Waals surface area contributed by atoms with Gasteiger partial charge in [0.15, 0.2) is 11.5 Å². The number of aliphatic hydroxyl groups excluding tert-OH is 1. The van der Waals surface area contributed by atoms with E-state index in [0.29, 0.717) is 36.2 Å². The quantitative estimate of drug-likeness (QED) is 0.918. The van der Waals surface area contributed by atoms with Crippen molar-refractivity contribution in [2.24, 2.45) is 5.92 Å². The van der Waals surface area contributed by atoms with Crippen molar-refractivity contribution >= 4 is 5.91 Å². The van der Waals surface area contributed by atoms with Crippen LogP contribution in [0.1, 0.15) is 27.9 Å². The van der Waals surface area contributed by atoms with E-state index in [1.807, 2.05) is 29.2 Å². The van der Waals surface area contributed by atoms with Crippen molar-refractivity contribution < 1.29 is 19.4 Å². The second-order valence-electron chi connectivity index (χ2n) is 6.94. The fraction of sp³-hybridized carbons (Fsp3) is 0.381. The molecule has 0 saturated carbocycles. The third-order valence-electron chi connectivity index (χ3n) is 5.09. The van der Waals surface area contributed by atoms with E-state index in [4.69, 9.17) is 14.6 Å². The van der Waals surface area contributed by atoms with Gasteiger partial charge in [-0.3, -0.25) is 4.79 Å². The van der Waals surface area contributed by atoms with Crippen LogP contribution in [-0.4, -0.2) is 42.2 Å². The van der Waals surface area contributed by atoms with Crippen LogP contribution in [0.4, 0.5) is 0 Å². The fourth-order valence-corrected chi connectivity index (χ4v) is 3.66. The first-order valence-corrected chi connectivity index (χ1v) is 9.10. The highest BCUT2D eigenvalue weighted by Crippen LogP contribution is 2.32. The summed E-state index contributed by atoms with van der Waals surface area (Å²) in [4.78, 5) is 14.7. The Labute approximate surface area is 153 Å². The van der Waals surface area contributed by atoms with Gasteiger partial charge in [-0.25, -0.2) is 0 Å². The Bertz CT molecular complexity index is 787. The van der Waals surface area contributed by atoms with Crippen LogP contribution in [0.3, 0.4) is 0 Å². The molecule has 1 unspecified atom stereocenters. The largest absolute Gasteiger partial charge is 0.486 e. The Morgan fingerprint density at radius 3 is 2.54 bits per heavy atom. The minimum atomic E-state index is 0.0556. The number of rotatable bonds is 4. The van der Waals surface area contributed by atoms with E-state index in [1.54, 1.807) is 6.07 Å². The van der Waals surface area contributed by atoms with Gasteiger partial charge < -0.3 is 19.5 Å². The third-order valence-corrected chi connectivity index (χ3v) is 5.09. The summed E-state index contributed by atoms with van der Waals surface area (Å²) in [6, 6.07) is 13.5. The molecular weight excluding hydrogens is 330 g/mol. The Morgan fingerprint density at radius 2 is 1.77 bits per heavy atom.